The standard InChI is InChI=1S/C15H22ClNO2/c1-11(18)13-3-4-15(14(16)9-13)17(2)10-12-5-7-19-8-6-12/h3-4,9,11-12,18H,5-8,10H2,1-2H3. The molecule has 4 heteroatoms. The van der Waals surface area contributed by atoms with Crippen molar-refractivity contribution in [2.45, 2.75) is 25.9 Å². The van der Waals surface area contributed by atoms with E-state index < -0.39 is 6.10 Å². The lowest BCUT2D eigenvalue weighted by Crippen LogP contribution is -2.29. The zero-order valence-corrected chi connectivity index (χ0v) is 12.4. The van der Waals surface area contributed by atoms with Crippen LogP contribution >= 0.6 is 11.6 Å². The Morgan fingerprint density at radius 2 is 2.11 bits per heavy atom. The Labute approximate surface area is 120 Å². The second-order valence-electron chi connectivity index (χ2n) is 5.32. The van der Waals surface area contributed by atoms with Gasteiger partial charge in [-0.1, -0.05) is 17.7 Å². The summed E-state index contributed by atoms with van der Waals surface area (Å²) in [5.41, 5.74) is 1.88. The topological polar surface area (TPSA) is 32.7 Å². The second kappa shape index (κ2) is 6.60. The van der Waals surface area contributed by atoms with Crippen molar-refractivity contribution in [2.24, 2.45) is 5.92 Å². The summed E-state index contributed by atoms with van der Waals surface area (Å²) in [6.45, 7) is 4.48. The van der Waals surface area contributed by atoms with Gasteiger partial charge in [-0.2, -0.15) is 0 Å². The summed E-state index contributed by atoms with van der Waals surface area (Å²) in [5.74, 6) is 0.672. The van der Waals surface area contributed by atoms with Crippen molar-refractivity contribution in [3.05, 3.63) is 28.8 Å². The lowest BCUT2D eigenvalue weighted by Gasteiger charge is -2.29. The third-order valence-corrected chi connectivity index (χ3v) is 4.04. The molecule has 2 rings (SSSR count). The van der Waals surface area contributed by atoms with E-state index in [9.17, 15) is 5.11 Å². The first-order valence-corrected chi connectivity index (χ1v) is 7.22. The first-order valence-electron chi connectivity index (χ1n) is 6.84. The normalized spacial score (nSPS) is 18.3. The molecule has 1 saturated heterocycles. The molecule has 0 radical (unpaired) electrons. The van der Waals surface area contributed by atoms with Crippen LogP contribution in [0.5, 0.6) is 0 Å². The van der Waals surface area contributed by atoms with Gasteiger partial charge in [0.2, 0.25) is 0 Å². The first kappa shape index (κ1) is 14.6. The minimum Gasteiger partial charge on any atom is -0.389 e. The molecule has 1 fully saturated rings. The molecule has 1 atom stereocenters. The van der Waals surface area contributed by atoms with Gasteiger partial charge in [-0.25, -0.2) is 0 Å². The van der Waals surface area contributed by atoms with Gasteiger partial charge in [0.05, 0.1) is 16.8 Å². The third kappa shape index (κ3) is 3.85. The van der Waals surface area contributed by atoms with E-state index in [1.165, 1.54) is 0 Å². The summed E-state index contributed by atoms with van der Waals surface area (Å²) < 4.78 is 5.38. The van der Waals surface area contributed by atoms with Crippen LogP contribution in [0.25, 0.3) is 0 Å². The van der Waals surface area contributed by atoms with Crippen molar-refractivity contribution in [1.82, 2.24) is 0 Å². The van der Waals surface area contributed by atoms with E-state index in [2.05, 4.69) is 11.9 Å². The molecular formula is C15H22ClNO2. The lowest BCUT2D eigenvalue weighted by atomic mass is 9.99. The van der Waals surface area contributed by atoms with Crippen molar-refractivity contribution in [3.63, 3.8) is 0 Å². The molecule has 1 aliphatic rings. The largest absolute Gasteiger partial charge is 0.389 e. The molecule has 106 valence electrons. The van der Waals surface area contributed by atoms with Crippen molar-refractivity contribution in [2.75, 3.05) is 31.7 Å². The van der Waals surface area contributed by atoms with Crippen molar-refractivity contribution < 1.29 is 9.84 Å². The molecule has 1 aromatic carbocycles. The van der Waals surface area contributed by atoms with Gasteiger partial charge in [0.25, 0.3) is 0 Å². The number of hydrogen-bond acceptors (Lipinski definition) is 3. The summed E-state index contributed by atoms with van der Waals surface area (Å²) in [6.07, 6.45) is 1.76. The number of rotatable bonds is 4. The number of nitrogens with zero attached hydrogens (tertiary/aromatic N) is 1. The van der Waals surface area contributed by atoms with Crippen LogP contribution in [0.2, 0.25) is 5.02 Å². The van der Waals surface area contributed by atoms with Gasteiger partial charge in [-0.05, 0) is 43.4 Å². The molecule has 0 saturated carbocycles. The highest BCUT2D eigenvalue weighted by Gasteiger charge is 2.17. The Balaban J connectivity index is 2.03. The van der Waals surface area contributed by atoms with E-state index in [4.69, 9.17) is 16.3 Å². The number of anilines is 1. The van der Waals surface area contributed by atoms with Crippen LogP contribution in [0.1, 0.15) is 31.4 Å². The van der Waals surface area contributed by atoms with Crippen molar-refractivity contribution >= 4 is 17.3 Å². The summed E-state index contributed by atoms with van der Waals surface area (Å²) in [7, 11) is 2.07. The SMILES string of the molecule is CC(O)c1ccc(N(C)CC2CCOCC2)c(Cl)c1. The van der Waals surface area contributed by atoms with Gasteiger partial charge < -0.3 is 14.7 Å². The fourth-order valence-corrected chi connectivity index (χ4v) is 2.84. The zero-order chi connectivity index (χ0) is 13.8. The molecule has 0 amide bonds. The van der Waals surface area contributed by atoms with E-state index in [-0.39, 0.29) is 0 Å². The Morgan fingerprint density at radius 1 is 1.42 bits per heavy atom. The quantitative estimate of drug-likeness (QED) is 0.921. The summed E-state index contributed by atoms with van der Waals surface area (Å²) in [4.78, 5) is 2.20. The fraction of sp³-hybridized carbons (Fsp3) is 0.600. The molecule has 19 heavy (non-hydrogen) atoms. The van der Waals surface area contributed by atoms with Gasteiger partial charge in [-0.3, -0.25) is 0 Å². The van der Waals surface area contributed by atoms with Crippen LogP contribution in [0.4, 0.5) is 5.69 Å². The van der Waals surface area contributed by atoms with Crippen molar-refractivity contribution in [1.29, 1.82) is 0 Å². The maximum absolute atomic E-state index is 9.55. The lowest BCUT2D eigenvalue weighted by molar-refractivity contribution is 0.0685. The Morgan fingerprint density at radius 3 is 2.68 bits per heavy atom. The Bertz CT molecular complexity index is 417. The van der Waals surface area contributed by atoms with E-state index in [1.54, 1.807) is 6.92 Å². The number of benzene rings is 1. The maximum Gasteiger partial charge on any atom is 0.0762 e. The predicted molar refractivity (Wildman–Crippen MR) is 78.9 cm³/mol. The summed E-state index contributed by atoms with van der Waals surface area (Å²) in [5, 5.41) is 10.3. The van der Waals surface area contributed by atoms with E-state index in [1.807, 2.05) is 18.2 Å². The Hall–Kier alpha value is -0.770. The maximum atomic E-state index is 9.55. The molecule has 0 aliphatic carbocycles. The minimum atomic E-state index is -0.479. The molecule has 1 aliphatic heterocycles. The third-order valence-electron chi connectivity index (χ3n) is 3.74. The van der Waals surface area contributed by atoms with Gasteiger partial charge in [-0.15, -0.1) is 0 Å². The summed E-state index contributed by atoms with van der Waals surface area (Å²) in [6, 6.07) is 5.78. The monoisotopic (exact) mass is 283 g/mol. The summed E-state index contributed by atoms with van der Waals surface area (Å²) >= 11 is 6.31. The fourth-order valence-electron chi connectivity index (χ4n) is 2.51. The van der Waals surface area contributed by atoms with Crippen LogP contribution in [-0.4, -0.2) is 31.9 Å². The number of ether oxygens (including phenoxy) is 1. The highest BCUT2D eigenvalue weighted by atomic mass is 35.5. The molecular weight excluding hydrogens is 262 g/mol. The number of aliphatic hydroxyl groups excluding tert-OH is 1. The van der Waals surface area contributed by atoms with Crippen LogP contribution in [-0.2, 0) is 4.74 Å². The average molecular weight is 284 g/mol. The van der Waals surface area contributed by atoms with Gasteiger partial charge >= 0.3 is 0 Å². The van der Waals surface area contributed by atoms with Crippen LogP contribution in [0.15, 0.2) is 18.2 Å². The van der Waals surface area contributed by atoms with Gasteiger partial charge in [0, 0.05) is 26.8 Å². The molecule has 0 aromatic heterocycles. The van der Waals surface area contributed by atoms with Gasteiger partial charge in [0.15, 0.2) is 0 Å². The average Bonchev–Trinajstić information content (AvgIpc) is 2.39. The Kier molecular flexibility index (Phi) is 5.08. The molecule has 1 unspecified atom stereocenters. The van der Waals surface area contributed by atoms with Crippen LogP contribution in [0, 0.1) is 5.92 Å². The predicted octanol–water partition coefficient (Wildman–Crippen LogP) is 3.26. The molecule has 1 N–H and O–H groups in total. The second-order valence-corrected chi connectivity index (χ2v) is 5.73. The van der Waals surface area contributed by atoms with Crippen LogP contribution < -0.4 is 4.90 Å². The molecule has 0 spiro atoms. The van der Waals surface area contributed by atoms with E-state index in [0.717, 1.165) is 43.9 Å². The molecule has 1 heterocycles. The van der Waals surface area contributed by atoms with E-state index >= 15 is 0 Å². The number of hydrogen-bond donors (Lipinski definition) is 1. The van der Waals surface area contributed by atoms with Crippen molar-refractivity contribution in [3.8, 4) is 0 Å². The smallest absolute Gasteiger partial charge is 0.0762 e. The first-order chi connectivity index (χ1) is 9.08. The van der Waals surface area contributed by atoms with Crippen LogP contribution in [0.3, 0.4) is 0 Å². The zero-order valence-electron chi connectivity index (χ0n) is 11.6. The van der Waals surface area contributed by atoms with Gasteiger partial charge in [0.1, 0.15) is 0 Å². The number of aliphatic hydroxyl groups is 1. The molecule has 0 bridgehead atoms. The number of halogens is 1. The van der Waals surface area contributed by atoms with E-state index in [0.29, 0.717) is 10.9 Å². The highest BCUT2D eigenvalue weighted by Crippen LogP contribution is 2.29. The molecule has 3 nitrogen and oxygen atoms in total. The minimum absolute atomic E-state index is 0.479. The molecule has 1 aromatic rings. The highest BCUT2D eigenvalue weighted by molar-refractivity contribution is 6.33.